The van der Waals surface area contributed by atoms with Crippen molar-refractivity contribution in [3.8, 4) is 33.4 Å². The van der Waals surface area contributed by atoms with Crippen molar-refractivity contribution in [1.82, 2.24) is 0 Å². The number of nitrogens with zero attached hydrogens (tertiary/aromatic N) is 1. The van der Waals surface area contributed by atoms with Crippen LogP contribution >= 0.6 is 11.3 Å². The third-order valence-corrected chi connectivity index (χ3v) is 11.4. The van der Waals surface area contributed by atoms with Crippen molar-refractivity contribution >= 4 is 70.1 Å². The lowest BCUT2D eigenvalue weighted by Crippen LogP contribution is -2.10. The molecule has 0 spiro atoms. The SMILES string of the molecule is c1ccc(-c2ccc3cccc(-c4ccc(N(c5ccc(-c6cccc7ccccc67)cc5)c5cccc6sc7ccccc7c56)cc4)c3c2)cc1. The normalized spacial score (nSPS) is 11.5. The van der Waals surface area contributed by atoms with Crippen molar-refractivity contribution in [2.45, 2.75) is 0 Å². The maximum Gasteiger partial charge on any atom is 0.0554 e. The molecule has 0 fully saturated rings. The van der Waals surface area contributed by atoms with Gasteiger partial charge in [-0.05, 0) is 103 Å². The van der Waals surface area contributed by atoms with Crippen LogP contribution in [0.2, 0.25) is 0 Å². The molecule has 0 unspecified atom stereocenters. The summed E-state index contributed by atoms with van der Waals surface area (Å²) in [4.78, 5) is 2.43. The van der Waals surface area contributed by atoms with Crippen molar-refractivity contribution in [2.24, 2.45) is 0 Å². The zero-order valence-electron chi connectivity index (χ0n) is 28.4. The van der Waals surface area contributed by atoms with Gasteiger partial charge in [-0.3, -0.25) is 0 Å². The average molecular weight is 680 g/mol. The molecule has 2 heteroatoms. The smallest absolute Gasteiger partial charge is 0.0554 e. The van der Waals surface area contributed by atoms with Gasteiger partial charge >= 0.3 is 0 Å². The third-order valence-electron chi connectivity index (χ3n) is 10.3. The molecule has 1 aromatic heterocycles. The molecule has 1 nitrogen and oxygen atoms in total. The van der Waals surface area contributed by atoms with E-state index in [-0.39, 0.29) is 0 Å². The predicted octanol–water partition coefficient (Wildman–Crippen LogP) is 14.8. The summed E-state index contributed by atoms with van der Waals surface area (Å²) >= 11 is 1.86. The van der Waals surface area contributed by atoms with Gasteiger partial charge in [0.05, 0.1) is 5.69 Å². The van der Waals surface area contributed by atoms with Crippen LogP contribution in [0.3, 0.4) is 0 Å². The number of thiophene rings is 1. The number of hydrogen-bond donors (Lipinski definition) is 0. The second-order valence-corrected chi connectivity index (χ2v) is 14.4. The topological polar surface area (TPSA) is 3.24 Å². The second kappa shape index (κ2) is 12.7. The van der Waals surface area contributed by atoms with E-state index in [1.165, 1.54) is 80.8 Å². The number of fused-ring (bicyclic) bond motifs is 5. The lowest BCUT2D eigenvalue weighted by atomic mass is 9.94. The molecular formula is C50H33NS. The highest BCUT2D eigenvalue weighted by molar-refractivity contribution is 7.26. The van der Waals surface area contributed by atoms with E-state index in [1.807, 2.05) is 11.3 Å². The fourth-order valence-corrected chi connectivity index (χ4v) is 8.89. The predicted molar refractivity (Wildman–Crippen MR) is 225 cm³/mol. The summed E-state index contributed by atoms with van der Waals surface area (Å²) in [5, 5.41) is 7.59. The lowest BCUT2D eigenvalue weighted by Gasteiger charge is -2.27. The summed E-state index contributed by atoms with van der Waals surface area (Å²) in [5.41, 5.74) is 10.8. The molecule has 1 heterocycles. The highest BCUT2D eigenvalue weighted by atomic mass is 32.1. The highest BCUT2D eigenvalue weighted by Crippen LogP contribution is 2.45. The maximum absolute atomic E-state index is 2.43. The Morgan fingerprint density at radius 3 is 1.60 bits per heavy atom. The van der Waals surface area contributed by atoms with E-state index in [1.54, 1.807) is 0 Å². The molecule has 0 N–H and O–H groups in total. The van der Waals surface area contributed by atoms with Gasteiger partial charge in [-0.1, -0.05) is 152 Å². The van der Waals surface area contributed by atoms with Crippen LogP contribution in [0.5, 0.6) is 0 Å². The summed E-state index contributed by atoms with van der Waals surface area (Å²) < 4.78 is 2.59. The van der Waals surface area contributed by atoms with Crippen LogP contribution in [0, 0.1) is 0 Å². The Hall–Kier alpha value is -6.48. The minimum Gasteiger partial charge on any atom is -0.310 e. The number of rotatable bonds is 6. The van der Waals surface area contributed by atoms with E-state index in [0.717, 1.165) is 11.4 Å². The molecule has 52 heavy (non-hydrogen) atoms. The first kappa shape index (κ1) is 30.4. The van der Waals surface area contributed by atoms with Gasteiger partial charge in [0.2, 0.25) is 0 Å². The van der Waals surface area contributed by atoms with Gasteiger partial charge in [0.15, 0.2) is 0 Å². The summed E-state index contributed by atoms with van der Waals surface area (Å²) in [7, 11) is 0. The van der Waals surface area contributed by atoms with Crippen LogP contribution in [0.15, 0.2) is 200 Å². The number of benzene rings is 9. The van der Waals surface area contributed by atoms with Crippen molar-refractivity contribution in [3.05, 3.63) is 200 Å². The van der Waals surface area contributed by atoms with E-state index in [2.05, 4.69) is 205 Å². The molecule has 10 aromatic rings. The fraction of sp³-hybridized carbons (Fsp3) is 0. The first-order valence-electron chi connectivity index (χ1n) is 17.8. The van der Waals surface area contributed by atoms with Crippen LogP contribution in [-0.2, 0) is 0 Å². The van der Waals surface area contributed by atoms with Gasteiger partial charge in [0.25, 0.3) is 0 Å². The van der Waals surface area contributed by atoms with E-state index in [0.29, 0.717) is 0 Å². The molecule has 0 amide bonds. The van der Waals surface area contributed by atoms with Crippen LogP contribution in [0.1, 0.15) is 0 Å². The molecular weight excluding hydrogens is 647 g/mol. The van der Waals surface area contributed by atoms with Crippen LogP contribution in [0.25, 0.3) is 75.1 Å². The van der Waals surface area contributed by atoms with E-state index < -0.39 is 0 Å². The van der Waals surface area contributed by atoms with Crippen molar-refractivity contribution < 1.29 is 0 Å². The summed E-state index contributed by atoms with van der Waals surface area (Å²) in [6.45, 7) is 0. The highest BCUT2D eigenvalue weighted by Gasteiger charge is 2.19. The molecule has 0 saturated heterocycles. The fourth-order valence-electron chi connectivity index (χ4n) is 7.76. The van der Waals surface area contributed by atoms with Gasteiger partial charge in [-0.25, -0.2) is 0 Å². The largest absolute Gasteiger partial charge is 0.310 e. The molecule has 0 bridgehead atoms. The minimum absolute atomic E-state index is 1.12. The first-order chi connectivity index (χ1) is 25.8. The molecule has 0 aliphatic heterocycles. The Morgan fingerprint density at radius 2 is 0.865 bits per heavy atom. The molecule has 9 aromatic carbocycles. The Morgan fingerprint density at radius 1 is 0.327 bits per heavy atom. The van der Waals surface area contributed by atoms with Gasteiger partial charge in [-0.2, -0.15) is 0 Å². The molecule has 0 radical (unpaired) electrons. The third kappa shape index (κ3) is 5.24. The van der Waals surface area contributed by atoms with E-state index in [9.17, 15) is 0 Å². The van der Waals surface area contributed by atoms with Gasteiger partial charge < -0.3 is 4.90 Å². The van der Waals surface area contributed by atoms with Crippen LogP contribution in [0.4, 0.5) is 17.1 Å². The van der Waals surface area contributed by atoms with E-state index >= 15 is 0 Å². The monoisotopic (exact) mass is 679 g/mol. The number of anilines is 3. The van der Waals surface area contributed by atoms with Crippen LogP contribution < -0.4 is 4.90 Å². The minimum atomic E-state index is 1.12. The first-order valence-corrected chi connectivity index (χ1v) is 18.6. The van der Waals surface area contributed by atoms with Crippen molar-refractivity contribution in [3.63, 3.8) is 0 Å². The summed E-state index contributed by atoms with van der Waals surface area (Å²) in [6.07, 6.45) is 0. The lowest BCUT2D eigenvalue weighted by molar-refractivity contribution is 1.30. The zero-order chi connectivity index (χ0) is 34.4. The maximum atomic E-state index is 2.43. The van der Waals surface area contributed by atoms with Crippen molar-refractivity contribution in [1.29, 1.82) is 0 Å². The molecule has 0 saturated carbocycles. The van der Waals surface area contributed by atoms with Gasteiger partial charge in [0.1, 0.15) is 0 Å². The molecule has 0 aliphatic carbocycles. The van der Waals surface area contributed by atoms with Gasteiger partial charge in [-0.15, -0.1) is 11.3 Å². The molecule has 0 aliphatic rings. The summed E-state index contributed by atoms with van der Waals surface area (Å²) in [5.74, 6) is 0. The molecule has 10 rings (SSSR count). The Labute approximate surface area is 307 Å². The van der Waals surface area contributed by atoms with E-state index in [4.69, 9.17) is 0 Å². The standard InChI is InChI=1S/C50H33NS/c1-2-11-34(12-3-1)39-24-23-36-15-9-19-44(46(36)33-39)38-27-31-41(32-28-38)51(47-20-10-22-49-50(47)45-17-6-7-21-48(45)52-49)40-29-25-37(26-30-40)43-18-8-14-35-13-4-5-16-42(35)43/h1-33H. The summed E-state index contributed by atoms with van der Waals surface area (Å²) in [6, 6.07) is 72.9. The Kier molecular flexibility index (Phi) is 7.41. The number of hydrogen-bond acceptors (Lipinski definition) is 2. The molecule has 244 valence electrons. The van der Waals surface area contributed by atoms with Gasteiger partial charge in [0, 0.05) is 31.5 Å². The zero-order valence-corrected chi connectivity index (χ0v) is 29.2. The Bertz CT molecular complexity index is 2880. The second-order valence-electron chi connectivity index (χ2n) is 13.3. The average Bonchev–Trinajstić information content (AvgIpc) is 3.61. The van der Waals surface area contributed by atoms with Crippen LogP contribution in [-0.4, -0.2) is 0 Å². The Balaban J connectivity index is 1.11. The molecule has 0 atom stereocenters. The van der Waals surface area contributed by atoms with Crippen molar-refractivity contribution in [2.75, 3.05) is 4.90 Å². The quantitative estimate of drug-likeness (QED) is 0.169.